The molecule has 0 spiro atoms. The standard InChI is InChI=1S/C69H112O12/c1-4-7-10-13-16-19-22-25-27-29-31-33-35-38-40-43-46-49-52-55-61(70)77-58-60(79-62(71)56-53-50-47-44-41-37-24-21-18-15-12-9-6-3)59-78-69-67(65(74)64(73)66(81-69)68(75)76)80-63(72)57-54-51-48-45-42-39-36-34-32-30-28-26-23-20-17-14-11-8-5-2/h8-9,11-12,17-18,20-21,25-28,32,34,37,41,47,50,60,64-67,69,73-74H,4-7,10,13-16,19,22-24,29-31,33,35-36,38-40,42-46,48-49,51-59H2,1-3H3,(H,75,76)/b11-8-,12-9-,20-17-,21-18-,27-25-,28-26-,34-32-,41-37-,50-47-. The van der Waals surface area contributed by atoms with E-state index in [9.17, 15) is 34.5 Å². The van der Waals surface area contributed by atoms with E-state index in [1.54, 1.807) is 0 Å². The first-order chi connectivity index (χ1) is 39.6. The Labute approximate surface area is 491 Å². The minimum absolute atomic E-state index is 0.0312. The second-order valence-corrected chi connectivity index (χ2v) is 21.3. The third-order valence-electron chi connectivity index (χ3n) is 13.8. The van der Waals surface area contributed by atoms with Crippen LogP contribution in [0.4, 0.5) is 0 Å². The third kappa shape index (κ3) is 45.6. The molecule has 3 N–H and O–H groups in total. The van der Waals surface area contributed by atoms with Crippen LogP contribution in [0.3, 0.4) is 0 Å². The number of unbranched alkanes of at least 4 members (excludes halogenated alkanes) is 21. The van der Waals surface area contributed by atoms with E-state index in [0.29, 0.717) is 25.7 Å². The van der Waals surface area contributed by atoms with Gasteiger partial charge >= 0.3 is 23.9 Å². The van der Waals surface area contributed by atoms with Gasteiger partial charge in [-0.15, -0.1) is 0 Å². The number of allylic oxidation sites excluding steroid dienone is 18. The lowest BCUT2D eigenvalue weighted by atomic mass is 9.98. The number of carbonyl (C=O) groups excluding carboxylic acids is 3. The summed E-state index contributed by atoms with van der Waals surface area (Å²) in [7, 11) is 0. The number of esters is 3. The SMILES string of the molecule is CC/C=C\C/C=C\C/C=C\C/C=C\CCCCCCCCC(=O)OC1C(OCC(COC(=O)CCCCCCCCCCC/C=C\CCCCCCCC)OC(=O)CC/C=C\C/C=C\C/C=C\C/C=C\CC)OC(C(=O)O)C(O)C1O. The number of carbonyl (C=O) groups is 4. The summed E-state index contributed by atoms with van der Waals surface area (Å²) in [6, 6.07) is 0. The second-order valence-electron chi connectivity index (χ2n) is 21.3. The third-order valence-corrected chi connectivity index (χ3v) is 13.8. The average Bonchev–Trinajstić information content (AvgIpc) is 3.54. The van der Waals surface area contributed by atoms with Gasteiger partial charge in [-0.2, -0.15) is 0 Å². The lowest BCUT2D eigenvalue weighted by Gasteiger charge is -2.40. The molecule has 12 nitrogen and oxygen atoms in total. The smallest absolute Gasteiger partial charge is 0.335 e. The fourth-order valence-corrected chi connectivity index (χ4v) is 9.01. The van der Waals surface area contributed by atoms with Crippen LogP contribution in [0.1, 0.15) is 252 Å². The molecule has 1 fully saturated rings. The number of carboxylic acid groups (broad SMARTS) is 1. The molecule has 0 saturated carbocycles. The van der Waals surface area contributed by atoms with Crippen molar-refractivity contribution in [2.75, 3.05) is 13.2 Å². The van der Waals surface area contributed by atoms with E-state index < -0.39 is 67.3 Å². The topological polar surface area (TPSA) is 175 Å². The summed E-state index contributed by atoms with van der Waals surface area (Å²) in [5.41, 5.74) is 0. The van der Waals surface area contributed by atoms with E-state index in [2.05, 4.69) is 118 Å². The first-order valence-electron chi connectivity index (χ1n) is 31.9. The maximum atomic E-state index is 13.1. The lowest BCUT2D eigenvalue weighted by molar-refractivity contribution is -0.301. The predicted octanol–water partition coefficient (Wildman–Crippen LogP) is 17.0. The van der Waals surface area contributed by atoms with Gasteiger partial charge in [0.05, 0.1) is 6.61 Å². The van der Waals surface area contributed by atoms with Crippen molar-refractivity contribution in [3.63, 3.8) is 0 Å². The molecule has 0 amide bonds. The van der Waals surface area contributed by atoms with Gasteiger partial charge < -0.3 is 39.0 Å². The van der Waals surface area contributed by atoms with Crippen LogP contribution in [-0.2, 0) is 42.9 Å². The zero-order valence-corrected chi connectivity index (χ0v) is 50.7. The molecular formula is C69H112O12. The Morgan fingerprint density at radius 2 is 0.802 bits per heavy atom. The van der Waals surface area contributed by atoms with E-state index in [1.165, 1.54) is 83.5 Å². The van der Waals surface area contributed by atoms with Crippen LogP contribution in [0.15, 0.2) is 109 Å². The number of hydrogen-bond acceptors (Lipinski definition) is 11. The van der Waals surface area contributed by atoms with Crippen LogP contribution in [0, 0.1) is 0 Å². The molecule has 6 unspecified atom stereocenters. The van der Waals surface area contributed by atoms with E-state index in [-0.39, 0.29) is 25.9 Å². The van der Waals surface area contributed by atoms with Crippen LogP contribution >= 0.6 is 0 Å². The summed E-state index contributed by atoms with van der Waals surface area (Å²) in [5, 5.41) is 31.6. The fraction of sp³-hybridized carbons (Fsp3) is 0.681. The Kier molecular flexibility index (Phi) is 51.3. The summed E-state index contributed by atoms with van der Waals surface area (Å²) >= 11 is 0. The number of hydrogen-bond donors (Lipinski definition) is 3. The number of aliphatic carboxylic acids is 1. The summed E-state index contributed by atoms with van der Waals surface area (Å²) in [4.78, 5) is 51.2. The van der Waals surface area contributed by atoms with Gasteiger partial charge in [0.15, 0.2) is 24.6 Å². The van der Waals surface area contributed by atoms with Crippen molar-refractivity contribution in [1.82, 2.24) is 0 Å². The highest BCUT2D eigenvalue weighted by Gasteiger charge is 2.50. The molecule has 12 heteroatoms. The Bertz CT molecular complexity index is 1820. The molecule has 0 bridgehead atoms. The number of aliphatic hydroxyl groups excluding tert-OH is 2. The van der Waals surface area contributed by atoms with Gasteiger partial charge in [0, 0.05) is 19.3 Å². The molecule has 81 heavy (non-hydrogen) atoms. The van der Waals surface area contributed by atoms with Crippen molar-refractivity contribution >= 4 is 23.9 Å². The van der Waals surface area contributed by atoms with Gasteiger partial charge in [0.2, 0.25) is 0 Å². The first kappa shape index (κ1) is 74.4. The molecule has 1 heterocycles. The van der Waals surface area contributed by atoms with Gasteiger partial charge in [-0.25, -0.2) is 4.79 Å². The monoisotopic (exact) mass is 1130 g/mol. The largest absolute Gasteiger partial charge is 0.479 e. The van der Waals surface area contributed by atoms with Crippen LogP contribution in [0.25, 0.3) is 0 Å². The van der Waals surface area contributed by atoms with Crippen LogP contribution in [0.5, 0.6) is 0 Å². The number of aliphatic hydroxyl groups is 2. The molecule has 6 atom stereocenters. The molecule has 1 aliphatic heterocycles. The van der Waals surface area contributed by atoms with Crippen molar-refractivity contribution in [3.8, 4) is 0 Å². The first-order valence-corrected chi connectivity index (χ1v) is 31.9. The summed E-state index contributed by atoms with van der Waals surface area (Å²) in [5.74, 6) is -3.25. The lowest BCUT2D eigenvalue weighted by Crippen LogP contribution is -2.61. The predicted molar refractivity (Wildman–Crippen MR) is 330 cm³/mol. The maximum Gasteiger partial charge on any atom is 0.335 e. The van der Waals surface area contributed by atoms with Crippen molar-refractivity contribution in [2.45, 2.75) is 289 Å². The Balaban J connectivity index is 2.68. The zero-order chi connectivity index (χ0) is 58.9. The number of rotatable bonds is 53. The van der Waals surface area contributed by atoms with Crippen LogP contribution < -0.4 is 0 Å². The van der Waals surface area contributed by atoms with Gasteiger partial charge in [-0.1, -0.05) is 233 Å². The van der Waals surface area contributed by atoms with Crippen LogP contribution in [0.2, 0.25) is 0 Å². The van der Waals surface area contributed by atoms with Crippen molar-refractivity contribution in [2.24, 2.45) is 0 Å². The molecule has 0 aromatic carbocycles. The fourth-order valence-electron chi connectivity index (χ4n) is 9.01. The maximum absolute atomic E-state index is 13.1. The minimum atomic E-state index is -1.92. The van der Waals surface area contributed by atoms with Gasteiger partial charge in [0.25, 0.3) is 0 Å². The van der Waals surface area contributed by atoms with E-state index in [4.69, 9.17) is 23.7 Å². The molecule has 460 valence electrons. The van der Waals surface area contributed by atoms with E-state index >= 15 is 0 Å². The van der Waals surface area contributed by atoms with E-state index in [1.807, 2.05) is 12.2 Å². The van der Waals surface area contributed by atoms with E-state index in [0.717, 1.165) is 103 Å². The quantitative estimate of drug-likeness (QED) is 0.0228. The molecular weight excluding hydrogens is 1020 g/mol. The molecule has 1 aliphatic rings. The van der Waals surface area contributed by atoms with Gasteiger partial charge in [-0.3, -0.25) is 14.4 Å². The highest BCUT2D eigenvalue weighted by Crippen LogP contribution is 2.26. The summed E-state index contributed by atoms with van der Waals surface area (Å²) in [6.07, 6.45) is 63.5. The average molecular weight is 1130 g/mol. The summed E-state index contributed by atoms with van der Waals surface area (Å²) in [6.45, 7) is 5.70. The minimum Gasteiger partial charge on any atom is -0.479 e. The van der Waals surface area contributed by atoms with Gasteiger partial charge in [-0.05, 0) is 109 Å². The molecule has 1 saturated heterocycles. The van der Waals surface area contributed by atoms with Crippen LogP contribution in [-0.4, -0.2) is 89.2 Å². The molecule has 0 aromatic heterocycles. The van der Waals surface area contributed by atoms with Gasteiger partial charge in [0.1, 0.15) is 18.8 Å². The molecule has 0 aromatic rings. The Morgan fingerprint density at radius 3 is 1.25 bits per heavy atom. The zero-order valence-electron chi connectivity index (χ0n) is 50.7. The Morgan fingerprint density at radius 1 is 0.420 bits per heavy atom. The molecule has 0 radical (unpaired) electrons. The highest BCUT2D eigenvalue weighted by atomic mass is 16.7. The highest BCUT2D eigenvalue weighted by molar-refractivity contribution is 5.74. The normalized spacial score (nSPS) is 18.5. The van der Waals surface area contributed by atoms with Crippen molar-refractivity contribution < 1.29 is 58.2 Å². The van der Waals surface area contributed by atoms with Crippen molar-refractivity contribution in [3.05, 3.63) is 109 Å². The second kappa shape index (κ2) is 55.9. The molecule has 1 rings (SSSR count). The van der Waals surface area contributed by atoms with Crippen molar-refractivity contribution in [1.29, 1.82) is 0 Å². The number of ether oxygens (including phenoxy) is 5. The summed E-state index contributed by atoms with van der Waals surface area (Å²) < 4.78 is 28.4. The Hall–Kier alpha value is -4.62. The molecule has 0 aliphatic carbocycles. The number of carboxylic acids is 1.